The highest BCUT2D eigenvalue weighted by molar-refractivity contribution is 6.04. The third-order valence-electron chi connectivity index (χ3n) is 8.54. The second-order valence-electron chi connectivity index (χ2n) is 11.5. The molecule has 2 heterocycles. The smallest absolute Gasteiger partial charge is 0.227 e. The van der Waals surface area contributed by atoms with Gasteiger partial charge in [0.25, 0.3) is 0 Å². The summed E-state index contributed by atoms with van der Waals surface area (Å²) in [6.07, 6.45) is 0. The highest BCUT2D eigenvalue weighted by atomic mass is 16.3. The van der Waals surface area contributed by atoms with E-state index in [-0.39, 0.29) is 0 Å². The average Bonchev–Trinajstić information content (AvgIpc) is 3.60. The molecule has 0 saturated carbocycles. The molecular weight excluding hydrogens is 576 g/mol. The Bertz CT molecular complexity index is 2580. The Morgan fingerprint density at radius 3 is 1.66 bits per heavy atom. The molecule has 0 spiro atoms. The summed E-state index contributed by atoms with van der Waals surface area (Å²) in [5.74, 6) is 2.35. The van der Waals surface area contributed by atoms with Crippen molar-refractivity contribution in [2.24, 2.45) is 0 Å². The molecule has 0 aliphatic heterocycles. The van der Waals surface area contributed by atoms with Crippen molar-refractivity contribution in [3.8, 4) is 56.7 Å². The first-order valence-electron chi connectivity index (χ1n) is 15.6. The second kappa shape index (κ2) is 11.2. The van der Waals surface area contributed by atoms with Crippen molar-refractivity contribution in [2.45, 2.75) is 0 Å². The van der Waals surface area contributed by atoms with Crippen molar-refractivity contribution in [1.82, 2.24) is 19.9 Å². The first kappa shape index (κ1) is 26.9. The van der Waals surface area contributed by atoms with Gasteiger partial charge in [-0.1, -0.05) is 133 Å². The topological polar surface area (TPSA) is 64.7 Å². The van der Waals surface area contributed by atoms with Gasteiger partial charge in [-0.3, -0.25) is 0 Å². The molecule has 0 radical (unpaired) electrons. The van der Waals surface area contributed by atoms with Crippen molar-refractivity contribution in [3.63, 3.8) is 0 Å². The van der Waals surface area contributed by atoms with E-state index in [1.165, 1.54) is 16.3 Å². The maximum Gasteiger partial charge on any atom is 0.227 e. The quantitative estimate of drug-likeness (QED) is 0.196. The van der Waals surface area contributed by atoms with Gasteiger partial charge < -0.3 is 4.42 Å². The summed E-state index contributed by atoms with van der Waals surface area (Å²) in [7, 11) is 0. The molecule has 0 aliphatic rings. The number of oxazole rings is 1. The third kappa shape index (κ3) is 4.91. The van der Waals surface area contributed by atoms with Gasteiger partial charge >= 0.3 is 0 Å². The van der Waals surface area contributed by atoms with Crippen LogP contribution in [-0.2, 0) is 0 Å². The molecule has 5 heteroatoms. The number of rotatable bonds is 5. The lowest BCUT2D eigenvalue weighted by molar-refractivity contribution is 0.620. The fourth-order valence-electron chi connectivity index (χ4n) is 6.23. The van der Waals surface area contributed by atoms with Crippen LogP contribution in [0.5, 0.6) is 0 Å². The summed E-state index contributed by atoms with van der Waals surface area (Å²) in [5, 5.41) is 4.61. The minimum atomic E-state index is 0.554. The molecule has 9 aromatic rings. The number of fused-ring (bicyclic) bond motifs is 4. The van der Waals surface area contributed by atoms with Gasteiger partial charge in [0.05, 0.1) is 0 Å². The maximum absolute atomic E-state index is 6.26. The van der Waals surface area contributed by atoms with Crippen molar-refractivity contribution in [1.29, 1.82) is 0 Å². The van der Waals surface area contributed by atoms with Crippen LogP contribution in [0.4, 0.5) is 0 Å². The van der Waals surface area contributed by atoms with E-state index < -0.39 is 0 Å². The van der Waals surface area contributed by atoms with Gasteiger partial charge in [-0.15, -0.1) is 0 Å². The maximum atomic E-state index is 6.26. The molecular formula is C42H26N4O. The summed E-state index contributed by atoms with van der Waals surface area (Å²) >= 11 is 0. The van der Waals surface area contributed by atoms with Crippen LogP contribution in [0.2, 0.25) is 0 Å². The largest absolute Gasteiger partial charge is 0.436 e. The Balaban J connectivity index is 1.17. The second-order valence-corrected chi connectivity index (χ2v) is 11.5. The van der Waals surface area contributed by atoms with Crippen LogP contribution >= 0.6 is 0 Å². The van der Waals surface area contributed by atoms with Crippen molar-refractivity contribution in [2.75, 3.05) is 0 Å². The highest BCUT2D eigenvalue weighted by Crippen LogP contribution is 2.34. The lowest BCUT2D eigenvalue weighted by atomic mass is 9.97. The fraction of sp³-hybridized carbons (Fsp3) is 0. The summed E-state index contributed by atoms with van der Waals surface area (Å²) < 4.78 is 6.26. The Morgan fingerprint density at radius 2 is 0.894 bits per heavy atom. The first-order chi connectivity index (χ1) is 23.3. The Hall–Kier alpha value is -6.46. The van der Waals surface area contributed by atoms with Crippen LogP contribution in [0.15, 0.2) is 162 Å². The molecule has 220 valence electrons. The van der Waals surface area contributed by atoms with Crippen molar-refractivity contribution < 1.29 is 4.42 Å². The van der Waals surface area contributed by atoms with Crippen LogP contribution in [0.3, 0.4) is 0 Å². The minimum Gasteiger partial charge on any atom is -0.436 e. The molecule has 0 amide bonds. The van der Waals surface area contributed by atoms with E-state index in [4.69, 9.17) is 24.4 Å². The number of hydrogen-bond acceptors (Lipinski definition) is 5. The van der Waals surface area contributed by atoms with E-state index in [0.717, 1.165) is 49.7 Å². The standard InChI is InChI=1S/C42H26N4O/c1-2-13-29(14-3-1)39-44-40(31-17-8-16-30(25-31)35-22-10-15-27-11-4-6-20-34(27)35)46-41(45-39)32-18-9-19-33(26-32)42-43-38-36-21-7-5-12-28(36)23-24-37(38)47-42/h1-26H. The van der Waals surface area contributed by atoms with Crippen LogP contribution in [0, 0.1) is 0 Å². The fourth-order valence-corrected chi connectivity index (χ4v) is 6.23. The predicted molar refractivity (Wildman–Crippen MR) is 190 cm³/mol. The molecule has 5 nitrogen and oxygen atoms in total. The Labute approximate surface area is 270 Å². The number of benzene rings is 7. The molecule has 9 rings (SSSR count). The van der Waals surface area contributed by atoms with Crippen LogP contribution < -0.4 is 0 Å². The third-order valence-corrected chi connectivity index (χ3v) is 8.54. The van der Waals surface area contributed by atoms with Gasteiger partial charge in [0.15, 0.2) is 23.1 Å². The monoisotopic (exact) mass is 602 g/mol. The molecule has 0 atom stereocenters. The van der Waals surface area contributed by atoms with Crippen molar-refractivity contribution in [3.05, 3.63) is 158 Å². The van der Waals surface area contributed by atoms with Crippen LogP contribution in [0.1, 0.15) is 0 Å². The molecule has 2 aromatic heterocycles. The first-order valence-corrected chi connectivity index (χ1v) is 15.6. The summed E-state index contributed by atoms with van der Waals surface area (Å²) in [6.45, 7) is 0. The Kier molecular flexibility index (Phi) is 6.39. The van der Waals surface area contributed by atoms with E-state index in [2.05, 4.69) is 84.9 Å². The summed E-state index contributed by atoms with van der Waals surface area (Å²) in [4.78, 5) is 19.9. The molecule has 47 heavy (non-hydrogen) atoms. The molecule has 0 aliphatic carbocycles. The van der Waals surface area contributed by atoms with Gasteiger partial charge in [0, 0.05) is 27.6 Å². The van der Waals surface area contributed by atoms with Crippen LogP contribution in [-0.4, -0.2) is 19.9 Å². The number of hydrogen-bond donors (Lipinski definition) is 0. The lowest BCUT2D eigenvalue weighted by Gasteiger charge is -2.11. The zero-order chi connectivity index (χ0) is 31.2. The molecule has 0 fully saturated rings. The van der Waals surface area contributed by atoms with E-state index in [1.54, 1.807) is 0 Å². The normalized spacial score (nSPS) is 11.4. The zero-order valence-corrected chi connectivity index (χ0v) is 25.2. The lowest BCUT2D eigenvalue weighted by Crippen LogP contribution is -2.00. The predicted octanol–water partition coefficient (Wildman–Crippen LogP) is 10.7. The molecule has 7 aromatic carbocycles. The summed E-state index contributed by atoms with van der Waals surface area (Å²) in [5.41, 5.74) is 7.41. The van der Waals surface area contributed by atoms with Gasteiger partial charge in [-0.05, 0) is 51.6 Å². The number of aromatic nitrogens is 4. The highest BCUT2D eigenvalue weighted by Gasteiger charge is 2.16. The SMILES string of the molecule is c1ccc(-c2nc(-c3cccc(-c4nc5c(ccc6ccccc65)o4)c3)nc(-c3cccc(-c4cccc5ccccc45)c3)n2)cc1. The molecule has 0 unspecified atom stereocenters. The van der Waals surface area contributed by atoms with Gasteiger partial charge in [-0.25, -0.2) is 19.9 Å². The van der Waals surface area contributed by atoms with Crippen molar-refractivity contribution >= 4 is 32.6 Å². The average molecular weight is 603 g/mol. The van der Waals surface area contributed by atoms with E-state index in [1.807, 2.05) is 72.8 Å². The Morgan fingerprint density at radius 1 is 0.362 bits per heavy atom. The summed E-state index contributed by atoms with van der Waals surface area (Å²) in [6, 6.07) is 53.6. The minimum absolute atomic E-state index is 0.554. The number of nitrogens with zero attached hydrogens (tertiary/aromatic N) is 4. The molecule has 0 N–H and O–H groups in total. The zero-order valence-electron chi connectivity index (χ0n) is 25.2. The molecule has 0 bridgehead atoms. The van der Waals surface area contributed by atoms with Gasteiger partial charge in [-0.2, -0.15) is 0 Å². The van der Waals surface area contributed by atoms with Gasteiger partial charge in [0.2, 0.25) is 5.89 Å². The van der Waals surface area contributed by atoms with E-state index in [0.29, 0.717) is 23.4 Å². The van der Waals surface area contributed by atoms with Crippen LogP contribution in [0.25, 0.3) is 89.4 Å². The van der Waals surface area contributed by atoms with Gasteiger partial charge in [0.1, 0.15) is 5.52 Å². The van der Waals surface area contributed by atoms with E-state index >= 15 is 0 Å². The molecule has 0 saturated heterocycles. The van der Waals surface area contributed by atoms with E-state index in [9.17, 15) is 0 Å².